The first kappa shape index (κ1) is 25.1. The van der Waals surface area contributed by atoms with E-state index in [1.54, 1.807) is 0 Å². The summed E-state index contributed by atoms with van der Waals surface area (Å²) < 4.78 is 11.7. The Bertz CT molecular complexity index is 1200. The van der Waals surface area contributed by atoms with Crippen molar-refractivity contribution in [3.05, 3.63) is 58.7 Å². The van der Waals surface area contributed by atoms with Crippen molar-refractivity contribution in [2.75, 3.05) is 39.4 Å². The van der Waals surface area contributed by atoms with Crippen molar-refractivity contribution in [1.29, 1.82) is 0 Å². The number of carbonyl (C=O) groups excluding carboxylic acids is 3. The van der Waals surface area contributed by atoms with Gasteiger partial charge in [-0.3, -0.25) is 14.4 Å². The molecule has 0 bridgehead atoms. The largest absolute Gasteiger partial charge is 0.490 e. The second kappa shape index (κ2) is 10.8. The number of benzene rings is 2. The molecule has 3 amide bonds. The van der Waals surface area contributed by atoms with Gasteiger partial charge in [-0.2, -0.15) is 0 Å². The maximum absolute atomic E-state index is 13.8. The first-order valence-corrected chi connectivity index (χ1v) is 13.4. The molecule has 1 fully saturated rings. The average Bonchev–Trinajstić information content (AvgIpc) is 3.31. The van der Waals surface area contributed by atoms with Crippen molar-refractivity contribution in [3.8, 4) is 11.5 Å². The zero-order chi connectivity index (χ0) is 25.9. The van der Waals surface area contributed by atoms with Crippen LogP contribution in [0.2, 0.25) is 0 Å². The van der Waals surface area contributed by atoms with E-state index >= 15 is 0 Å². The zero-order valence-corrected chi connectivity index (χ0v) is 21.6. The summed E-state index contributed by atoms with van der Waals surface area (Å²) >= 11 is 0. The third-order valence-electron chi connectivity index (χ3n) is 7.54. The molecule has 2 aromatic rings. The minimum Gasteiger partial charge on any atom is -0.490 e. The SMILES string of the molecule is CCOc1cc2c(cc1OCC)[C@@H]1[C@@H](C(=O)NCCCN3CCCC3=O)c3ccccc3C(=O)N1CC2. The second-order valence-corrected chi connectivity index (χ2v) is 9.75. The third kappa shape index (κ3) is 4.77. The quantitative estimate of drug-likeness (QED) is 0.528. The number of hydrogen-bond donors (Lipinski definition) is 1. The van der Waals surface area contributed by atoms with E-state index in [9.17, 15) is 14.4 Å². The van der Waals surface area contributed by atoms with Gasteiger partial charge >= 0.3 is 0 Å². The molecule has 196 valence electrons. The van der Waals surface area contributed by atoms with Gasteiger partial charge in [0.15, 0.2) is 11.5 Å². The van der Waals surface area contributed by atoms with Gasteiger partial charge < -0.3 is 24.6 Å². The van der Waals surface area contributed by atoms with Crippen LogP contribution in [0.1, 0.15) is 72.1 Å². The van der Waals surface area contributed by atoms with Crippen LogP contribution in [0.25, 0.3) is 0 Å². The Hall–Kier alpha value is -3.55. The Morgan fingerprint density at radius 1 is 1.00 bits per heavy atom. The lowest BCUT2D eigenvalue weighted by Gasteiger charge is -2.45. The van der Waals surface area contributed by atoms with Gasteiger partial charge in [0.1, 0.15) is 0 Å². The molecule has 3 aliphatic heterocycles. The summed E-state index contributed by atoms with van der Waals surface area (Å²) in [5, 5.41) is 3.11. The first-order valence-electron chi connectivity index (χ1n) is 13.4. The molecular formula is C29H35N3O5. The van der Waals surface area contributed by atoms with Crippen LogP contribution in [0.3, 0.4) is 0 Å². The minimum absolute atomic E-state index is 0.0466. The lowest BCUT2D eigenvalue weighted by molar-refractivity contribution is -0.127. The lowest BCUT2D eigenvalue weighted by atomic mass is 9.75. The molecule has 0 radical (unpaired) electrons. The van der Waals surface area contributed by atoms with Crippen LogP contribution in [0.4, 0.5) is 0 Å². The van der Waals surface area contributed by atoms with Gasteiger partial charge in [0.25, 0.3) is 5.91 Å². The van der Waals surface area contributed by atoms with E-state index in [0.29, 0.717) is 69.2 Å². The molecule has 0 aromatic heterocycles. The van der Waals surface area contributed by atoms with Gasteiger partial charge in [-0.15, -0.1) is 0 Å². The second-order valence-electron chi connectivity index (χ2n) is 9.75. The van der Waals surface area contributed by atoms with Crippen LogP contribution < -0.4 is 14.8 Å². The Labute approximate surface area is 217 Å². The molecule has 1 saturated heterocycles. The summed E-state index contributed by atoms with van der Waals surface area (Å²) in [4.78, 5) is 43.0. The number of nitrogens with one attached hydrogen (secondary N) is 1. The highest BCUT2D eigenvalue weighted by Gasteiger charge is 2.46. The van der Waals surface area contributed by atoms with Crippen LogP contribution in [-0.4, -0.2) is 66.9 Å². The number of fused-ring (bicyclic) bond motifs is 4. The fraction of sp³-hybridized carbons (Fsp3) is 0.483. The van der Waals surface area contributed by atoms with E-state index in [2.05, 4.69) is 5.32 Å². The van der Waals surface area contributed by atoms with Crippen molar-refractivity contribution in [2.24, 2.45) is 0 Å². The van der Waals surface area contributed by atoms with Crippen molar-refractivity contribution >= 4 is 17.7 Å². The van der Waals surface area contributed by atoms with Gasteiger partial charge in [0, 0.05) is 38.2 Å². The van der Waals surface area contributed by atoms with Crippen molar-refractivity contribution in [2.45, 2.75) is 51.5 Å². The lowest BCUT2D eigenvalue weighted by Crippen LogP contribution is -2.50. The molecule has 2 atom stereocenters. The third-order valence-corrected chi connectivity index (χ3v) is 7.54. The summed E-state index contributed by atoms with van der Waals surface area (Å²) in [5.41, 5.74) is 3.34. The number of amides is 3. The summed E-state index contributed by atoms with van der Waals surface area (Å²) in [6.45, 7) is 7.32. The molecule has 3 heterocycles. The van der Waals surface area contributed by atoms with Gasteiger partial charge in [-0.05, 0) is 68.0 Å². The molecule has 8 nitrogen and oxygen atoms in total. The Morgan fingerprint density at radius 3 is 2.49 bits per heavy atom. The maximum atomic E-state index is 13.8. The van der Waals surface area contributed by atoms with Crippen LogP contribution in [0, 0.1) is 0 Å². The molecular weight excluding hydrogens is 470 g/mol. The van der Waals surface area contributed by atoms with Crippen molar-refractivity contribution < 1.29 is 23.9 Å². The Morgan fingerprint density at radius 2 is 1.76 bits per heavy atom. The highest BCUT2D eigenvalue weighted by Crippen LogP contribution is 2.48. The number of likely N-dealkylation sites (tertiary alicyclic amines) is 1. The molecule has 5 rings (SSSR count). The highest BCUT2D eigenvalue weighted by atomic mass is 16.5. The summed E-state index contributed by atoms with van der Waals surface area (Å²) in [7, 11) is 0. The van der Waals surface area contributed by atoms with E-state index in [1.165, 1.54) is 0 Å². The normalized spacial score (nSPS) is 20.3. The van der Waals surface area contributed by atoms with Crippen LogP contribution >= 0.6 is 0 Å². The molecule has 2 aromatic carbocycles. The smallest absolute Gasteiger partial charge is 0.254 e. The Kier molecular flexibility index (Phi) is 7.35. The maximum Gasteiger partial charge on any atom is 0.254 e. The summed E-state index contributed by atoms with van der Waals surface area (Å²) in [6.07, 6.45) is 2.90. The number of hydrogen-bond acceptors (Lipinski definition) is 5. The van der Waals surface area contributed by atoms with Gasteiger partial charge in [0.2, 0.25) is 11.8 Å². The van der Waals surface area contributed by atoms with E-state index in [4.69, 9.17) is 9.47 Å². The Balaban J connectivity index is 1.46. The molecule has 0 unspecified atom stereocenters. The predicted molar refractivity (Wildman–Crippen MR) is 139 cm³/mol. The predicted octanol–water partition coefficient (Wildman–Crippen LogP) is 3.45. The molecule has 3 aliphatic rings. The van der Waals surface area contributed by atoms with Crippen LogP contribution in [0.5, 0.6) is 11.5 Å². The number of rotatable bonds is 9. The fourth-order valence-corrected chi connectivity index (χ4v) is 5.89. The fourth-order valence-electron chi connectivity index (χ4n) is 5.89. The van der Waals surface area contributed by atoms with E-state index in [-0.39, 0.29) is 17.7 Å². The summed E-state index contributed by atoms with van der Waals surface area (Å²) in [6, 6.07) is 11.0. The van der Waals surface area contributed by atoms with Crippen LogP contribution in [-0.2, 0) is 16.0 Å². The van der Waals surface area contributed by atoms with Gasteiger partial charge in [-0.1, -0.05) is 18.2 Å². The zero-order valence-electron chi connectivity index (χ0n) is 21.6. The van der Waals surface area contributed by atoms with Gasteiger partial charge in [0.05, 0.1) is 25.2 Å². The summed E-state index contributed by atoms with van der Waals surface area (Å²) in [5.74, 6) is 0.810. The number of ether oxygens (including phenoxy) is 2. The molecule has 0 saturated carbocycles. The first-order chi connectivity index (χ1) is 18.0. The van der Waals surface area contributed by atoms with E-state index < -0.39 is 12.0 Å². The molecule has 0 aliphatic carbocycles. The van der Waals surface area contributed by atoms with Crippen LogP contribution in [0.15, 0.2) is 36.4 Å². The van der Waals surface area contributed by atoms with E-state index in [0.717, 1.165) is 29.7 Å². The van der Waals surface area contributed by atoms with Crippen molar-refractivity contribution in [1.82, 2.24) is 15.1 Å². The standard InChI is InChI=1S/C29H35N3O5/c1-3-36-23-17-19-12-16-32-27(22(19)18-24(23)37-4-2)26(20-9-5-6-10-21(20)29(32)35)28(34)30-13-8-15-31-14-7-11-25(31)33/h5-6,9-10,17-18,26-27H,3-4,7-8,11-16H2,1-2H3,(H,30,34)/t26-,27+/m0/s1. The minimum atomic E-state index is -0.547. The monoisotopic (exact) mass is 505 g/mol. The average molecular weight is 506 g/mol. The number of carbonyl (C=O) groups is 3. The molecule has 8 heteroatoms. The van der Waals surface area contributed by atoms with Gasteiger partial charge in [-0.25, -0.2) is 0 Å². The molecule has 1 N–H and O–H groups in total. The highest BCUT2D eigenvalue weighted by molar-refractivity contribution is 6.01. The van der Waals surface area contributed by atoms with Crippen molar-refractivity contribution in [3.63, 3.8) is 0 Å². The van der Waals surface area contributed by atoms with E-state index in [1.807, 2.05) is 60.0 Å². The number of nitrogens with zero attached hydrogens (tertiary/aromatic N) is 2. The topological polar surface area (TPSA) is 88.2 Å². The molecule has 0 spiro atoms. The molecule has 37 heavy (non-hydrogen) atoms.